The van der Waals surface area contributed by atoms with Gasteiger partial charge in [-0.15, -0.1) is 6.54 Å². The van der Waals surface area contributed by atoms with Crippen LogP contribution in [0.4, 0.5) is 0 Å². The fraction of sp³-hybridized carbons (Fsp3) is 0.935. The molecule has 877 valence electrons. The summed E-state index contributed by atoms with van der Waals surface area (Å²) >= 11 is 0. The first-order valence-electron chi connectivity index (χ1n) is 54.2. The van der Waals surface area contributed by atoms with Gasteiger partial charge in [0, 0.05) is 365 Å². The molecule has 16 N–H and O–H groups in total. The predicted molar refractivity (Wildman–Crippen MR) is 569 cm³/mol. The Labute approximate surface area is 904 Å². The van der Waals surface area contributed by atoms with Gasteiger partial charge in [0.1, 0.15) is 0 Å². The van der Waals surface area contributed by atoms with Crippen molar-refractivity contribution in [2.75, 3.05) is 361 Å². The second-order valence-electron chi connectivity index (χ2n) is 46.0. The van der Waals surface area contributed by atoms with Gasteiger partial charge >= 0.3 is 35.8 Å². The number of hydrogen-bond acceptors (Lipinski definition) is 40. The van der Waals surface area contributed by atoms with Gasteiger partial charge in [0.2, 0.25) is 0 Å². The van der Waals surface area contributed by atoms with Gasteiger partial charge in [-0.25, -0.2) is 0 Å². The third-order valence-electron chi connectivity index (χ3n) is 30.2. The fourth-order valence-corrected chi connectivity index (χ4v) is 21.5. The summed E-state index contributed by atoms with van der Waals surface area (Å²) in [6.45, 7) is 50.7. The van der Waals surface area contributed by atoms with Gasteiger partial charge in [-0.05, 0) is 168 Å². The monoisotopic (exact) mass is 2300 g/mol. The van der Waals surface area contributed by atoms with Crippen LogP contribution in [0.1, 0.15) is 129 Å². The van der Waals surface area contributed by atoms with Crippen molar-refractivity contribution in [1.82, 2.24) is 58.8 Å². The van der Waals surface area contributed by atoms with E-state index in [9.17, 15) is 39.0 Å². The van der Waals surface area contributed by atoms with Crippen LogP contribution in [0, 0.1) is 143 Å². The van der Waals surface area contributed by atoms with Crippen LogP contribution in [-0.4, -0.2) is 560 Å². The van der Waals surface area contributed by atoms with Gasteiger partial charge < -0.3 is 175 Å². The number of hydrogen-bond donors (Lipinski definition) is 16. The maximum atomic E-state index is 11.5. The molecule has 12 rings (SSSR count). The van der Waals surface area contributed by atoms with Crippen LogP contribution >= 0.6 is 0 Å². The average Bonchev–Trinajstić information content (AvgIpc) is 1.64. The summed E-state index contributed by atoms with van der Waals surface area (Å²) in [6, 6.07) is 0. The van der Waals surface area contributed by atoms with E-state index in [1.807, 2.05) is 124 Å². The molecule has 12 aliphatic heterocycles. The number of esters is 6. The second-order valence-corrected chi connectivity index (χ2v) is 46.0. The molecule has 0 bridgehead atoms. The van der Waals surface area contributed by atoms with E-state index in [4.69, 9.17) is 99.9 Å². The minimum Gasteiger partial charge on any atom is -0.466 e. The second kappa shape index (κ2) is 78.5. The molecule has 0 amide bonds. The van der Waals surface area contributed by atoms with Crippen molar-refractivity contribution in [3.8, 4) is 0 Å². The summed E-state index contributed by atoms with van der Waals surface area (Å²) in [5, 5.41) is 144. The third-order valence-corrected chi connectivity index (χ3v) is 30.2. The van der Waals surface area contributed by atoms with Crippen LogP contribution in [0.2, 0.25) is 0 Å². The number of carbonyl (C=O) groups excluding carboxylic acids is 6. The summed E-state index contributed by atoms with van der Waals surface area (Å²) in [5.74, 6) is 5.86. The van der Waals surface area contributed by atoms with Gasteiger partial charge in [0.05, 0.1) is 74.9 Å². The first-order valence-corrected chi connectivity index (χ1v) is 54.2. The number of nitrogens with zero attached hydrogens (tertiary/aromatic N) is 12. The molecule has 0 spiro atoms. The first-order chi connectivity index (χ1) is 69.1. The van der Waals surface area contributed by atoms with E-state index in [0.29, 0.717) is 89.2 Å². The molecule has 40 nitrogen and oxygen atoms in total. The molecule has 0 aliphatic carbocycles. The Morgan fingerprint density at radius 1 is 0.284 bits per heavy atom. The molecular weight excluding hydrogens is 2090 g/mol. The normalized spacial score (nSPS) is 30.1. The number of likely N-dealkylation sites (N-methyl/N-ethyl adjacent to an activating group) is 1. The summed E-state index contributed by atoms with van der Waals surface area (Å²) in [4.78, 5) is 92.8. The van der Waals surface area contributed by atoms with Gasteiger partial charge in [-0.3, -0.25) is 28.8 Å². The van der Waals surface area contributed by atoms with Crippen LogP contribution in [0.25, 0.3) is 0 Å². The summed E-state index contributed by atoms with van der Waals surface area (Å²) in [6.07, 6.45) is 5.63. The van der Waals surface area contributed by atoms with Gasteiger partial charge in [0.15, 0.2) is 0 Å². The molecule has 0 aromatic rings. The van der Waals surface area contributed by atoms with E-state index in [1.165, 1.54) is 26.9 Å². The maximum Gasteiger partial charge on any atom is 0.308 e. The third kappa shape index (κ3) is 59.1. The molecule has 12 fully saturated rings. The topological polar surface area (TPSA) is 520 Å². The number of ether oxygens (including phenoxy) is 6. The van der Waals surface area contributed by atoms with Gasteiger partial charge in [-0.1, -0.05) is 48.5 Å². The minimum atomic E-state index is -0.713. The summed E-state index contributed by atoms with van der Waals surface area (Å²) in [5.41, 5.74) is -1.43. The molecule has 0 aromatic carbocycles. The Morgan fingerprint density at radius 3 is 0.608 bits per heavy atom. The molecule has 1 radical (unpaired) electrons. The smallest absolute Gasteiger partial charge is 0.308 e. The Balaban J connectivity index is 0.00000161. The Kier molecular flexibility index (Phi) is 76.6. The van der Waals surface area contributed by atoms with Crippen molar-refractivity contribution in [1.29, 1.82) is 0 Å². The summed E-state index contributed by atoms with van der Waals surface area (Å²) < 4.78 is 31.0. The quantitative estimate of drug-likeness (QED) is 0.0219. The van der Waals surface area contributed by atoms with Crippen molar-refractivity contribution >= 4 is 35.8 Å². The van der Waals surface area contributed by atoms with Crippen LogP contribution < -0.4 is 0 Å². The number of rotatable bonds is 34. The van der Waals surface area contributed by atoms with E-state index in [0.717, 1.165) is 162 Å². The zero-order valence-corrected chi connectivity index (χ0v) is 98.5. The fourth-order valence-electron chi connectivity index (χ4n) is 21.5. The van der Waals surface area contributed by atoms with Gasteiger partial charge in [0.25, 0.3) is 0 Å². The van der Waals surface area contributed by atoms with Crippen LogP contribution in [-0.2, 0) is 77.6 Å². The minimum absolute atomic E-state index is 0. The van der Waals surface area contributed by atoms with E-state index in [1.54, 1.807) is 13.8 Å². The molecule has 0 saturated carbocycles. The van der Waals surface area contributed by atoms with E-state index in [-0.39, 0.29) is 242 Å². The molecular formula is C107H213N12O28Re-. The largest absolute Gasteiger partial charge is 0.466 e. The Hall–Kier alpha value is -3.64. The zero-order chi connectivity index (χ0) is 112. The molecule has 12 saturated heterocycles. The zero-order valence-electron chi connectivity index (χ0n) is 95.8. The predicted octanol–water partition coefficient (Wildman–Crippen LogP) is -0.494. The number of aliphatic hydroxyl groups excluding tert-OH is 14. The number of β-amino-alcohol motifs (C(OH)–C–C–N with tert-alkyl or cyclic N) is 2. The van der Waals surface area contributed by atoms with Gasteiger partial charge in [-0.2, -0.15) is 5.92 Å². The first kappa shape index (κ1) is 144. The van der Waals surface area contributed by atoms with E-state index >= 15 is 0 Å². The van der Waals surface area contributed by atoms with E-state index in [2.05, 4.69) is 88.4 Å². The molecule has 23 atom stereocenters. The molecule has 12 heterocycles. The SMILES string of the molecule is CC(=O)OC[C@@H]1CN(C)C[C@@H]1COC(C)=O.CC(C)C(=O)OC[C@@H]1CN(C)C[C@@H]1COC(=O)C(C)C.CC1[CH-]CN(C)C1.CCC(=O)OC[C@@H]1CN(C)C[C@@H]1COC(=O)CC.CN1CC(C(C)(C)O)C(C(C)(C)O)C1.CN1CC(CO)C(CO)C1.CN1C[C@@H](CCO)[C@@H](CCO)C1.CN1C[C@@H](CO)[C@@H](CO)C1.CN1C[C@@H](CO)[C@@H](CO)C1.CN1C[C@@H](CO)[C@H](CO)C1.CN1C[C@@H](O)[C@@H](O)C1.CN1C[C@H](CCO)[C@@H](CCO)C1.[Re]. The van der Waals surface area contributed by atoms with Crippen molar-refractivity contribution < 1.29 is 159 Å². The standard InChI is InChI=1S/C15H27NO4.C13H23NO4.C11H19NO4.C11H23NO2.2C9H19NO2.4C7H15NO2.C6H12N.C5H11NO2.Re/c1-10(2)14(17)19-8-12-6-16(5)7-13(12)9-20-15(18)11(3)4;1-4-12(15)17-8-10-6-14(3)7-11(10)9-18-13(16)5-2;1-8(13)15-6-10-4-12(3)5-11(10)7-16-9(2)14;1-10(2,13)8-6-12(5)7-9(8)11(3,4)14;2*1-10-6-8(2-4-11)9(7-10)3-5-12;4*1-8-2-6(4-9)7(3-8)5-10;1-6-3-4-7(2)5-6;1-6-2-4(7)5(8)3-6;/h10-13H,6-9H2,1-5H3;10-11H,4-9H2,1-3H3;10-11H,4-7H2,1-3H3;8-9,13-14H,6-7H2,1-5H3;2*8-9,11-12H,2-7H2,1H3;4*6-7,9-10H,2-5H2,1H3;3,6H,4-5H2,1-2H3;4-5,7-8H,2-3H2,1H3;/q;;;;;;;;;;-1;;/t12-,13+;2*10-,11+;;8-,9+;8-,9-;2*6-,7+;6-,7-;;;4-,5+;/m.....0..0..../s1. The van der Waals surface area contributed by atoms with Crippen molar-refractivity contribution in [2.45, 2.75) is 152 Å². The Bertz CT molecular complexity index is 3100. The van der Waals surface area contributed by atoms with Crippen molar-refractivity contribution in [3.63, 3.8) is 0 Å². The van der Waals surface area contributed by atoms with Crippen LogP contribution in [0.3, 0.4) is 0 Å². The maximum absolute atomic E-state index is 11.5. The van der Waals surface area contributed by atoms with Crippen LogP contribution in [0.5, 0.6) is 0 Å². The molecule has 5 unspecified atom stereocenters. The average molecular weight is 2300 g/mol. The number of carbonyl (C=O) groups is 6. The van der Waals surface area contributed by atoms with Crippen molar-refractivity contribution in [2.24, 2.45) is 136 Å². The molecule has 148 heavy (non-hydrogen) atoms. The number of likely N-dealkylation sites (tertiary alicyclic amines) is 12. The van der Waals surface area contributed by atoms with Crippen molar-refractivity contribution in [3.05, 3.63) is 6.42 Å². The molecule has 12 aliphatic rings. The summed E-state index contributed by atoms with van der Waals surface area (Å²) in [7, 11) is 24.4. The molecule has 41 heteroatoms. The van der Waals surface area contributed by atoms with E-state index < -0.39 is 23.4 Å². The Morgan fingerprint density at radius 2 is 0.466 bits per heavy atom. The van der Waals surface area contributed by atoms with Crippen LogP contribution in [0.15, 0.2) is 0 Å². The molecule has 0 aromatic heterocycles. The number of aliphatic hydroxyl groups is 16.